The van der Waals surface area contributed by atoms with Gasteiger partial charge in [0.25, 0.3) is 5.91 Å². The van der Waals surface area contributed by atoms with Crippen molar-refractivity contribution >= 4 is 23.0 Å². The van der Waals surface area contributed by atoms with Crippen LogP contribution < -0.4 is 4.74 Å². The molecule has 0 atom stereocenters. The predicted molar refractivity (Wildman–Crippen MR) is 98.9 cm³/mol. The van der Waals surface area contributed by atoms with Crippen LogP contribution in [0.2, 0.25) is 0 Å². The minimum atomic E-state index is -0.0910. The number of carbonyl (C=O) groups excluding carboxylic acids is 2. The molecule has 0 unspecified atom stereocenters. The van der Waals surface area contributed by atoms with E-state index >= 15 is 0 Å². The van der Waals surface area contributed by atoms with E-state index in [1.54, 1.807) is 30.2 Å². The number of thiazole rings is 1. The highest BCUT2D eigenvalue weighted by Crippen LogP contribution is 2.15. The van der Waals surface area contributed by atoms with E-state index in [1.807, 2.05) is 29.6 Å². The first-order chi connectivity index (χ1) is 12.0. The summed E-state index contributed by atoms with van der Waals surface area (Å²) in [6.45, 7) is 4.14. The van der Waals surface area contributed by atoms with Gasteiger partial charge in [-0.2, -0.15) is 0 Å². The van der Waals surface area contributed by atoms with Crippen LogP contribution >= 0.6 is 11.3 Å². The third-order valence-electron chi connectivity index (χ3n) is 3.78. The number of aromatic nitrogens is 1. The Balaban J connectivity index is 1.79. The molecular weight excluding hydrogens is 336 g/mol. The van der Waals surface area contributed by atoms with Crippen LogP contribution in [0.4, 0.5) is 0 Å². The Hall–Kier alpha value is -2.21. The van der Waals surface area contributed by atoms with Crippen LogP contribution in [0.1, 0.15) is 36.5 Å². The van der Waals surface area contributed by atoms with Crippen molar-refractivity contribution in [1.82, 2.24) is 9.88 Å². The molecule has 0 aliphatic carbocycles. The van der Waals surface area contributed by atoms with Crippen molar-refractivity contribution in [2.24, 2.45) is 0 Å². The van der Waals surface area contributed by atoms with Gasteiger partial charge >= 0.3 is 0 Å². The maximum atomic E-state index is 12.2. The molecule has 0 aliphatic rings. The summed E-state index contributed by atoms with van der Waals surface area (Å²) in [6.07, 6.45) is 2.18. The predicted octanol–water partition coefficient (Wildman–Crippen LogP) is 3.26. The first-order valence-corrected chi connectivity index (χ1v) is 9.24. The van der Waals surface area contributed by atoms with Crippen LogP contribution in [-0.2, 0) is 29.0 Å². The molecule has 1 amide bonds. The summed E-state index contributed by atoms with van der Waals surface area (Å²) >= 11 is 1.62. The lowest BCUT2D eigenvalue weighted by molar-refractivity contribution is -0.132. The number of benzene rings is 1. The van der Waals surface area contributed by atoms with E-state index in [0.29, 0.717) is 18.7 Å². The number of ketones is 1. The standard InChI is InChI=1S/C19H24N2O3S/c1-4-18-20-16(13-25-18)11-21(3)19(23)12-24-17-9-7-15(8-10-17)6-5-14(2)22/h7-10,13H,4-6,11-12H2,1-3H3. The van der Waals surface area contributed by atoms with Crippen LogP contribution in [0, 0.1) is 0 Å². The molecule has 0 aliphatic heterocycles. The van der Waals surface area contributed by atoms with Gasteiger partial charge in [-0.25, -0.2) is 4.98 Å². The lowest BCUT2D eigenvalue weighted by Crippen LogP contribution is -2.31. The molecular formula is C19H24N2O3S. The van der Waals surface area contributed by atoms with E-state index in [9.17, 15) is 9.59 Å². The lowest BCUT2D eigenvalue weighted by atomic mass is 10.1. The van der Waals surface area contributed by atoms with E-state index in [4.69, 9.17) is 4.74 Å². The van der Waals surface area contributed by atoms with Gasteiger partial charge < -0.3 is 14.4 Å². The second-order valence-electron chi connectivity index (χ2n) is 5.97. The lowest BCUT2D eigenvalue weighted by Gasteiger charge is -2.16. The fourth-order valence-corrected chi connectivity index (χ4v) is 2.98. The van der Waals surface area contributed by atoms with Crippen LogP contribution in [0.25, 0.3) is 0 Å². The second kappa shape index (κ2) is 9.32. The largest absolute Gasteiger partial charge is 0.484 e. The number of likely N-dealkylation sites (N-methyl/N-ethyl adjacent to an activating group) is 1. The minimum Gasteiger partial charge on any atom is -0.484 e. The van der Waals surface area contributed by atoms with Gasteiger partial charge in [-0.1, -0.05) is 19.1 Å². The molecule has 0 N–H and O–H groups in total. The van der Waals surface area contributed by atoms with E-state index in [2.05, 4.69) is 11.9 Å². The van der Waals surface area contributed by atoms with Crippen molar-refractivity contribution < 1.29 is 14.3 Å². The molecule has 6 heteroatoms. The van der Waals surface area contributed by atoms with E-state index in [0.717, 1.165) is 29.1 Å². The Morgan fingerprint density at radius 1 is 1.24 bits per heavy atom. The fraction of sp³-hybridized carbons (Fsp3) is 0.421. The first kappa shape index (κ1) is 19.1. The monoisotopic (exact) mass is 360 g/mol. The van der Waals surface area contributed by atoms with Crippen LogP contribution in [0.5, 0.6) is 5.75 Å². The molecule has 2 aromatic rings. The third-order valence-corrected chi connectivity index (χ3v) is 4.82. The maximum Gasteiger partial charge on any atom is 0.260 e. The van der Waals surface area contributed by atoms with Crippen molar-refractivity contribution in [2.75, 3.05) is 13.7 Å². The number of hydrogen-bond donors (Lipinski definition) is 0. The molecule has 1 aromatic heterocycles. The third kappa shape index (κ3) is 6.31. The van der Waals surface area contributed by atoms with Gasteiger partial charge in [0.05, 0.1) is 17.2 Å². The van der Waals surface area contributed by atoms with Gasteiger partial charge in [-0.15, -0.1) is 11.3 Å². The van der Waals surface area contributed by atoms with Crippen molar-refractivity contribution in [1.29, 1.82) is 0 Å². The second-order valence-corrected chi connectivity index (χ2v) is 6.91. The van der Waals surface area contributed by atoms with E-state index in [1.165, 1.54) is 0 Å². The van der Waals surface area contributed by atoms with Crippen molar-refractivity contribution in [3.8, 4) is 5.75 Å². The average Bonchev–Trinajstić information content (AvgIpc) is 3.06. The Kier molecular flexibility index (Phi) is 7.13. The van der Waals surface area contributed by atoms with Crippen LogP contribution in [-0.4, -0.2) is 35.2 Å². The molecule has 1 heterocycles. The fourth-order valence-electron chi connectivity index (χ4n) is 2.24. The first-order valence-electron chi connectivity index (χ1n) is 8.36. The van der Waals surface area contributed by atoms with Gasteiger partial charge in [-0.05, 0) is 37.5 Å². The highest BCUT2D eigenvalue weighted by molar-refractivity contribution is 7.09. The Morgan fingerprint density at radius 2 is 1.96 bits per heavy atom. The van der Waals surface area contributed by atoms with Gasteiger partial charge in [0.1, 0.15) is 11.5 Å². The molecule has 5 nitrogen and oxygen atoms in total. The summed E-state index contributed by atoms with van der Waals surface area (Å²) in [7, 11) is 1.75. The number of nitrogens with zero attached hydrogens (tertiary/aromatic N) is 2. The zero-order valence-corrected chi connectivity index (χ0v) is 15.8. The molecule has 1 aromatic carbocycles. The quantitative estimate of drug-likeness (QED) is 0.689. The van der Waals surface area contributed by atoms with Gasteiger partial charge in [-0.3, -0.25) is 4.79 Å². The van der Waals surface area contributed by atoms with E-state index < -0.39 is 0 Å². The van der Waals surface area contributed by atoms with Gasteiger partial charge in [0.2, 0.25) is 0 Å². The number of aryl methyl sites for hydroxylation is 2. The Labute approximate surface area is 152 Å². The molecule has 0 bridgehead atoms. The van der Waals surface area contributed by atoms with E-state index in [-0.39, 0.29) is 18.3 Å². The SMILES string of the molecule is CCc1nc(CN(C)C(=O)COc2ccc(CCC(C)=O)cc2)cs1. The summed E-state index contributed by atoms with van der Waals surface area (Å²) in [6, 6.07) is 7.51. The van der Waals surface area contributed by atoms with Gasteiger partial charge in [0, 0.05) is 18.8 Å². The Morgan fingerprint density at radius 3 is 2.56 bits per heavy atom. The number of amides is 1. The Bertz CT molecular complexity index is 710. The number of carbonyl (C=O) groups is 2. The summed E-state index contributed by atoms with van der Waals surface area (Å²) in [5.74, 6) is 0.738. The minimum absolute atomic E-state index is 0.00589. The zero-order chi connectivity index (χ0) is 18.2. The summed E-state index contributed by atoms with van der Waals surface area (Å²) < 4.78 is 5.56. The van der Waals surface area contributed by atoms with Crippen molar-refractivity contribution in [2.45, 2.75) is 39.7 Å². The summed E-state index contributed by atoms with van der Waals surface area (Å²) in [4.78, 5) is 29.3. The highest BCUT2D eigenvalue weighted by Gasteiger charge is 2.12. The normalized spacial score (nSPS) is 10.5. The average molecular weight is 360 g/mol. The molecule has 0 fully saturated rings. The maximum absolute atomic E-state index is 12.2. The number of hydrogen-bond acceptors (Lipinski definition) is 5. The smallest absolute Gasteiger partial charge is 0.260 e. The summed E-state index contributed by atoms with van der Waals surface area (Å²) in [5, 5.41) is 3.07. The molecule has 0 saturated heterocycles. The molecule has 134 valence electrons. The topological polar surface area (TPSA) is 59.5 Å². The highest BCUT2D eigenvalue weighted by atomic mass is 32.1. The number of ether oxygens (including phenoxy) is 1. The number of Topliss-reactive ketones (excluding diaryl/α,β-unsaturated/α-hetero) is 1. The number of rotatable bonds is 9. The molecule has 2 rings (SSSR count). The molecule has 0 saturated carbocycles. The molecule has 25 heavy (non-hydrogen) atoms. The van der Waals surface area contributed by atoms with Crippen LogP contribution in [0.3, 0.4) is 0 Å². The van der Waals surface area contributed by atoms with Crippen molar-refractivity contribution in [3.05, 3.63) is 45.9 Å². The van der Waals surface area contributed by atoms with Crippen molar-refractivity contribution in [3.63, 3.8) is 0 Å². The molecule has 0 radical (unpaired) electrons. The molecule has 0 spiro atoms. The van der Waals surface area contributed by atoms with Gasteiger partial charge in [0.15, 0.2) is 6.61 Å². The summed E-state index contributed by atoms with van der Waals surface area (Å²) in [5.41, 5.74) is 1.99. The zero-order valence-electron chi connectivity index (χ0n) is 14.9. The van der Waals surface area contributed by atoms with Crippen LogP contribution in [0.15, 0.2) is 29.6 Å².